The molecule has 1 saturated heterocycles. The first-order valence-corrected chi connectivity index (χ1v) is 7.09. The molecule has 1 unspecified atom stereocenters. The van der Waals surface area contributed by atoms with Crippen molar-refractivity contribution in [3.63, 3.8) is 0 Å². The Morgan fingerprint density at radius 2 is 2.05 bits per heavy atom. The summed E-state index contributed by atoms with van der Waals surface area (Å²) in [6.07, 6.45) is 0.754. The summed E-state index contributed by atoms with van der Waals surface area (Å²) in [6.45, 7) is 3.78. The van der Waals surface area contributed by atoms with Gasteiger partial charge in [0.1, 0.15) is 5.75 Å². The number of carbonyl (C=O) groups is 2. The second-order valence-corrected chi connectivity index (χ2v) is 5.11. The average Bonchev–Trinajstić information content (AvgIpc) is 2.49. The van der Waals surface area contributed by atoms with Crippen LogP contribution >= 0.6 is 0 Å². The van der Waals surface area contributed by atoms with E-state index in [9.17, 15) is 9.59 Å². The molecule has 2 amide bonds. The molecular weight excluding hydrogens is 270 g/mol. The van der Waals surface area contributed by atoms with Gasteiger partial charge in [0, 0.05) is 13.1 Å². The van der Waals surface area contributed by atoms with Crippen LogP contribution < -0.4 is 15.8 Å². The minimum atomic E-state index is -0.272. The SMILES string of the molecule is CC1C(=O)NC(=O)CN1CCCOc1ccc(CN)cc1. The largest absolute Gasteiger partial charge is 0.494 e. The molecule has 0 aliphatic carbocycles. The van der Waals surface area contributed by atoms with Crippen LogP contribution in [0.4, 0.5) is 0 Å². The minimum Gasteiger partial charge on any atom is -0.494 e. The maximum absolute atomic E-state index is 11.5. The highest BCUT2D eigenvalue weighted by atomic mass is 16.5. The molecule has 2 rings (SSSR count). The van der Waals surface area contributed by atoms with E-state index in [1.165, 1.54) is 0 Å². The summed E-state index contributed by atoms with van der Waals surface area (Å²) in [5, 5.41) is 2.33. The standard InChI is InChI=1S/C15H21N3O3/c1-11-15(20)17-14(19)10-18(11)7-2-8-21-13-5-3-12(9-16)4-6-13/h3-6,11H,2,7-10,16H2,1H3,(H,17,19,20). The van der Waals surface area contributed by atoms with Crippen molar-refractivity contribution in [3.05, 3.63) is 29.8 Å². The molecule has 1 aliphatic rings. The van der Waals surface area contributed by atoms with Gasteiger partial charge in [-0.05, 0) is 31.0 Å². The first-order chi connectivity index (χ1) is 10.1. The number of hydrogen-bond donors (Lipinski definition) is 2. The Morgan fingerprint density at radius 3 is 2.71 bits per heavy atom. The van der Waals surface area contributed by atoms with Crippen molar-refractivity contribution in [2.24, 2.45) is 5.73 Å². The van der Waals surface area contributed by atoms with Gasteiger partial charge >= 0.3 is 0 Å². The second kappa shape index (κ2) is 7.19. The summed E-state index contributed by atoms with van der Waals surface area (Å²) in [5.41, 5.74) is 6.60. The number of carbonyl (C=O) groups excluding carboxylic acids is 2. The molecule has 1 heterocycles. The zero-order chi connectivity index (χ0) is 15.2. The number of nitrogens with two attached hydrogens (primary N) is 1. The van der Waals surface area contributed by atoms with Crippen LogP contribution in [-0.2, 0) is 16.1 Å². The van der Waals surface area contributed by atoms with Gasteiger partial charge in [-0.1, -0.05) is 12.1 Å². The molecule has 3 N–H and O–H groups in total. The van der Waals surface area contributed by atoms with Gasteiger partial charge in [-0.25, -0.2) is 0 Å². The van der Waals surface area contributed by atoms with Crippen molar-refractivity contribution in [3.8, 4) is 5.75 Å². The van der Waals surface area contributed by atoms with E-state index in [1.807, 2.05) is 29.2 Å². The van der Waals surface area contributed by atoms with E-state index in [2.05, 4.69) is 5.32 Å². The summed E-state index contributed by atoms with van der Waals surface area (Å²) in [6, 6.07) is 7.38. The Bertz CT molecular complexity index is 501. The molecule has 6 heteroatoms. The van der Waals surface area contributed by atoms with Gasteiger partial charge in [0.05, 0.1) is 19.2 Å². The zero-order valence-corrected chi connectivity index (χ0v) is 12.2. The van der Waals surface area contributed by atoms with Gasteiger partial charge in [0.15, 0.2) is 0 Å². The number of piperazine rings is 1. The number of nitrogens with zero attached hydrogens (tertiary/aromatic N) is 1. The summed E-state index contributed by atoms with van der Waals surface area (Å²) in [4.78, 5) is 24.7. The third-order valence-electron chi connectivity index (χ3n) is 3.55. The Kier molecular flexibility index (Phi) is 5.30. The van der Waals surface area contributed by atoms with Crippen molar-refractivity contribution in [1.29, 1.82) is 0 Å². The van der Waals surface area contributed by atoms with Crippen molar-refractivity contribution >= 4 is 11.8 Å². The van der Waals surface area contributed by atoms with E-state index in [1.54, 1.807) is 6.92 Å². The third-order valence-corrected chi connectivity index (χ3v) is 3.55. The molecule has 114 valence electrons. The van der Waals surface area contributed by atoms with Crippen molar-refractivity contribution in [2.45, 2.75) is 25.9 Å². The normalized spacial score (nSPS) is 19.4. The molecule has 1 aromatic carbocycles. The summed E-state index contributed by atoms with van der Waals surface area (Å²) in [7, 11) is 0. The quantitative estimate of drug-likeness (QED) is 0.580. The molecule has 0 spiro atoms. The minimum absolute atomic E-state index is 0.232. The fourth-order valence-corrected chi connectivity index (χ4v) is 2.22. The molecule has 0 bridgehead atoms. The monoisotopic (exact) mass is 291 g/mol. The van der Waals surface area contributed by atoms with Gasteiger partial charge in [-0.3, -0.25) is 19.8 Å². The van der Waals surface area contributed by atoms with Crippen LogP contribution in [0.2, 0.25) is 0 Å². The molecule has 21 heavy (non-hydrogen) atoms. The van der Waals surface area contributed by atoms with Crippen LogP contribution in [0.3, 0.4) is 0 Å². The molecule has 0 saturated carbocycles. The Balaban J connectivity index is 1.73. The van der Waals surface area contributed by atoms with Gasteiger partial charge in [-0.15, -0.1) is 0 Å². The molecule has 0 aromatic heterocycles. The van der Waals surface area contributed by atoms with Crippen LogP contribution in [0.15, 0.2) is 24.3 Å². The van der Waals surface area contributed by atoms with Crippen molar-refractivity contribution in [2.75, 3.05) is 19.7 Å². The van der Waals surface area contributed by atoms with E-state index >= 15 is 0 Å². The molecule has 1 aromatic rings. The molecule has 1 atom stereocenters. The lowest BCUT2D eigenvalue weighted by atomic mass is 10.2. The smallest absolute Gasteiger partial charge is 0.243 e. The Labute approximate surface area is 124 Å². The highest BCUT2D eigenvalue weighted by Gasteiger charge is 2.29. The summed E-state index contributed by atoms with van der Waals surface area (Å²) >= 11 is 0. The van der Waals surface area contributed by atoms with E-state index < -0.39 is 0 Å². The van der Waals surface area contributed by atoms with Gasteiger partial charge in [-0.2, -0.15) is 0 Å². The molecule has 1 fully saturated rings. The van der Waals surface area contributed by atoms with Gasteiger partial charge < -0.3 is 10.5 Å². The zero-order valence-electron chi connectivity index (χ0n) is 12.2. The van der Waals surface area contributed by atoms with E-state index in [-0.39, 0.29) is 24.4 Å². The lowest BCUT2D eigenvalue weighted by Gasteiger charge is -2.31. The first kappa shape index (κ1) is 15.5. The molecular formula is C15H21N3O3. The number of hydrogen-bond acceptors (Lipinski definition) is 5. The highest BCUT2D eigenvalue weighted by Crippen LogP contribution is 2.12. The van der Waals surface area contributed by atoms with Crippen molar-refractivity contribution in [1.82, 2.24) is 10.2 Å². The number of ether oxygens (including phenoxy) is 1. The molecule has 6 nitrogen and oxygen atoms in total. The number of imide groups is 1. The maximum atomic E-state index is 11.5. The van der Waals surface area contributed by atoms with Gasteiger partial charge in [0.2, 0.25) is 11.8 Å². The fourth-order valence-electron chi connectivity index (χ4n) is 2.22. The van der Waals surface area contributed by atoms with Crippen molar-refractivity contribution < 1.29 is 14.3 Å². The predicted molar refractivity (Wildman–Crippen MR) is 78.6 cm³/mol. The van der Waals surface area contributed by atoms with E-state index in [4.69, 9.17) is 10.5 Å². The van der Waals surface area contributed by atoms with Crippen LogP contribution in [0.1, 0.15) is 18.9 Å². The first-order valence-electron chi connectivity index (χ1n) is 7.09. The van der Waals surface area contributed by atoms with E-state index in [0.717, 1.165) is 17.7 Å². The summed E-state index contributed by atoms with van der Waals surface area (Å²) < 4.78 is 5.63. The van der Waals surface area contributed by atoms with Crippen LogP contribution in [-0.4, -0.2) is 42.5 Å². The maximum Gasteiger partial charge on any atom is 0.243 e. The molecule has 1 aliphatic heterocycles. The van der Waals surface area contributed by atoms with Crippen LogP contribution in [0, 0.1) is 0 Å². The Hall–Kier alpha value is -1.92. The number of rotatable bonds is 6. The van der Waals surface area contributed by atoms with Crippen LogP contribution in [0.25, 0.3) is 0 Å². The Morgan fingerprint density at radius 1 is 1.33 bits per heavy atom. The number of benzene rings is 1. The second-order valence-electron chi connectivity index (χ2n) is 5.11. The summed E-state index contributed by atoms with van der Waals surface area (Å²) in [5.74, 6) is 0.327. The van der Waals surface area contributed by atoms with Crippen LogP contribution in [0.5, 0.6) is 5.75 Å². The lowest BCUT2D eigenvalue weighted by Crippen LogP contribution is -2.57. The average molecular weight is 291 g/mol. The predicted octanol–water partition coefficient (Wildman–Crippen LogP) is 0.261. The third kappa shape index (κ3) is 4.27. The molecule has 0 radical (unpaired) electrons. The van der Waals surface area contributed by atoms with Gasteiger partial charge in [0.25, 0.3) is 0 Å². The highest BCUT2D eigenvalue weighted by molar-refractivity contribution is 6.00. The number of amides is 2. The fraction of sp³-hybridized carbons (Fsp3) is 0.467. The van der Waals surface area contributed by atoms with E-state index in [0.29, 0.717) is 19.7 Å². The lowest BCUT2D eigenvalue weighted by molar-refractivity contribution is -0.139. The topological polar surface area (TPSA) is 84.7 Å². The number of nitrogens with one attached hydrogen (secondary N) is 1.